The standard InChI is InChI=1S/C15H13N3O/c1-11-12(6-4-8-16)18-10-3-2-5-13(18)15(11)14(19)7-9-17/h2-3,5,10H,4,6-7H2,1H3. The second-order valence-electron chi connectivity index (χ2n) is 4.32. The summed E-state index contributed by atoms with van der Waals surface area (Å²) in [6.07, 6.45) is 2.78. The van der Waals surface area contributed by atoms with Crippen LogP contribution in [0.2, 0.25) is 0 Å². The topological polar surface area (TPSA) is 69.1 Å². The van der Waals surface area contributed by atoms with Crippen molar-refractivity contribution >= 4 is 11.3 Å². The molecule has 0 atom stereocenters. The van der Waals surface area contributed by atoms with Crippen LogP contribution < -0.4 is 0 Å². The number of aryl methyl sites for hydroxylation is 1. The Hall–Kier alpha value is -2.59. The number of hydrogen-bond donors (Lipinski definition) is 0. The van der Waals surface area contributed by atoms with E-state index < -0.39 is 0 Å². The summed E-state index contributed by atoms with van der Waals surface area (Å²) in [4.78, 5) is 12.1. The summed E-state index contributed by atoms with van der Waals surface area (Å²) in [7, 11) is 0. The minimum absolute atomic E-state index is 0.118. The van der Waals surface area contributed by atoms with Crippen molar-refractivity contribution < 1.29 is 4.79 Å². The molecule has 0 amide bonds. The minimum Gasteiger partial charge on any atom is -0.320 e. The maximum absolute atomic E-state index is 12.1. The number of ketones is 1. The van der Waals surface area contributed by atoms with Gasteiger partial charge >= 0.3 is 0 Å². The average Bonchev–Trinajstić information content (AvgIpc) is 2.69. The summed E-state index contributed by atoms with van der Waals surface area (Å²) in [5.41, 5.74) is 3.27. The molecule has 0 bridgehead atoms. The number of nitrogens with zero attached hydrogens (tertiary/aromatic N) is 3. The fraction of sp³-hybridized carbons (Fsp3) is 0.267. The van der Waals surface area contributed by atoms with Crippen molar-refractivity contribution in [2.24, 2.45) is 0 Å². The smallest absolute Gasteiger partial charge is 0.179 e. The monoisotopic (exact) mass is 251 g/mol. The number of rotatable bonds is 4. The Kier molecular flexibility index (Phi) is 3.63. The molecule has 0 radical (unpaired) electrons. The van der Waals surface area contributed by atoms with Gasteiger partial charge < -0.3 is 4.40 Å². The molecule has 0 N–H and O–H groups in total. The Morgan fingerprint density at radius 2 is 2.11 bits per heavy atom. The summed E-state index contributed by atoms with van der Waals surface area (Å²) < 4.78 is 1.94. The van der Waals surface area contributed by atoms with Gasteiger partial charge in [0, 0.05) is 30.3 Å². The lowest BCUT2D eigenvalue weighted by atomic mass is 10.0. The van der Waals surface area contributed by atoms with E-state index in [0.717, 1.165) is 16.8 Å². The van der Waals surface area contributed by atoms with Gasteiger partial charge in [0.05, 0.1) is 24.1 Å². The maximum Gasteiger partial charge on any atom is 0.179 e. The molecule has 0 saturated heterocycles. The molecule has 0 aliphatic carbocycles. The minimum atomic E-state index is -0.160. The first kappa shape index (κ1) is 12.9. The number of pyridine rings is 1. The number of Topliss-reactive ketones (excluding diaryl/α,β-unsaturated/α-hetero) is 1. The Balaban J connectivity index is 2.65. The fourth-order valence-electron chi connectivity index (χ4n) is 2.39. The SMILES string of the molecule is Cc1c(C(=O)CC#N)c2ccccn2c1CCC#N. The van der Waals surface area contributed by atoms with E-state index in [-0.39, 0.29) is 12.2 Å². The second-order valence-corrected chi connectivity index (χ2v) is 4.32. The van der Waals surface area contributed by atoms with Crippen LogP contribution in [0.4, 0.5) is 0 Å². The van der Waals surface area contributed by atoms with Gasteiger partial charge in [-0.3, -0.25) is 4.79 Å². The highest BCUT2D eigenvalue weighted by atomic mass is 16.1. The highest BCUT2D eigenvalue weighted by molar-refractivity contribution is 6.05. The first-order chi connectivity index (χ1) is 9.20. The Morgan fingerprint density at radius 3 is 2.79 bits per heavy atom. The van der Waals surface area contributed by atoms with Crippen molar-refractivity contribution in [1.29, 1.82) is 10.5 Å². The van der Waals surface area contributed by atoms with Gasteiger partial charge in [-0.2, -0.15) is 10.5 Å². The molecular weight excluding hydrogens is 238 g/mol. The molecule has 4 heteroatoms. The van der Waals surface area contributed by atoms with Gasteiger partial charge in [-0.1, -0.05) is 6.07 Å². The summed E-state index contributed by atoms with van der Waals surface area (Å²) in [5.74, 6) is -0.160. The zero-order chi connectivity index (χ0) is 13.8. The van der Waals surface area contributed by atoms with Gasteiger partial charge in [-0.25, -0.2) is 0 Å². The molecule has 4 nitrogen and oxygen atoms in total. The highest BCUT2D eigenvalue weighted by Gasteiger charge is 2.19. The zero-order valence-electron chi connectivity index (χ0n) is 10.7. The van der Waals surface area contributed by atoms with Crippen LogP contribution >= 0.6 is 0 Å². The van der Waals surface area contributed by atoms with E-state index in [1.807, 2.05) is 41.8 Å². The highest BCUT2D eigenvalue weighted by Crippen LogP contribution is 2.25. The van der Waals surface area contributed by atoms with E-state index in [2.05, 4.69) is 6.07 Å². The molecule has 0 aliphatic rings. The molecule has 0 unspecified atom stereocenters. The molecular formula is C15H13N3O. The molecule has 0 saturated carbocycles. The van der Waals surface area contributed by atoms with Gasteiger partial charge in [-0.05, 0) is 24.6 Å². The Morgan fingerprint density at radius 1 is 1.32 bits per heavy atom. The molecule has 0 aliphatic heterocycles. The lowest BCUT2D eigenvalue weighted by Gasteiger charge is -2.00. The number of aromatic nitrogens is 1. The van der Waals surface area contributed by atoms with E-state index in [9.17, 15) is 4.79 Å². The quantitative estimate of drug-likeness (QED) is 0.784. The largest absolute Gasteiger partial charge is 0.320 e. The van der Waals surface area contributed by atoms with Crippen molar-refractivity contribution in [1.82, 2.24) is 4.40 Å². The molecule has 2 rings (SSSR count). The molecule has 19 heavy (non-hydrogen) atoms. The van der Waals surface area contributed by atoms with Crippen LogP contribution in [-0.4, -0.2) is 10.2 Å². The third-order valence-electron chi connectivity index (χ3n) is 3.21. The molecule has 2 heterocycles. The number of hydrogen-bond acceptors (Lipinski definition) is 3. The van der Waals surface area contributed by atoms with Crippen LogP contribution in [0.15, 0.2) is 24.4 Å². The molecule has 2 aromatic heterocycles. The average molecular weight is 251 g/mol. The van der Waals surface area contributed by atoms with Gasteiger partial charge in [0.15, 0.2) is 5.78 Å². The van der Waals surface area contributed by atoms with E-state index >= 15 is 0 Å². The molecule has 0 aromatic carbocycles. The van der Waals surface area contributed by atoms with E-state index in [1.54, 1.807) is 0 Å². The Bertz CT molecular complexity index is 713. The van der Waals surface area contributed by atoms with Crippen molar-refractivity contribution in [3.63, 3.8) is 0 Å². The van der Waals surface area contributed by atoms with Gasteiger partial charge in [0.1, 0.15) is 0 Å². The molecule has 94 valence electrons. The van der Waals surface area contributed by atoms with Crippen LogP contribution in [0.1, 0.15) is 34.5 Å². The Labute approximate surface area is 111 Å². The van der Waals surface area contributed by atoms with E-state index in [0.29, 0.717) is 18.4 Å². The number of fused-ring (bicyclic) bond motifs is 1. The predicted octanol–water partition coefficient (Wildman–Crippen LogP) is 2.80. The number of carbonyl (C=O) groups is 1. The number of carbonyl (C=O) groups excluding carboxylic acids is 1. The normalized spacial score (nSPS) is 10.1. The predicted molar refractivity (Wildman–Crippen MR) is 70.6 cm³/mol. The van der Waals surface area contributed by atoms with Crippen molar-refractivity contribution in [3.05, 3.63) is 41.2 Å². The van der Waals surface area contributed by atoms with Crippen LogP contribution in [0.25, 0.3) is 5.52 Å². The first-order valence-corrected chi connectivity index (χ1v) is 6.06. The lowest BCUT2D eigenvalue weighted by Crippen LogP contribution is -1.99. The van der Waals surface area contributed by atoms with Crippen molar-refractivity contribution in [2.45, 2.75) is 26.2 Å². The zero-order valence-corrected chi connectivity index (χ0v) is 10.7. The molecule has 0 spiro atoms. The lowest BCUT2D eigenvalue weighted by molar-refractivity contribution is 0.0999. The molecule has 0 fully saturated rings. The van der Waals surface area contributed by atoms with Gasteiger partial charge in [0.25, 0.3) is 0 Å². The maximum atomic E-state index is 12.1. The molecule has 2 aromatic rings. The van der Waals surface area contributed by atoms with Crippen LogP contribution in [0.5, 0.6) is 0 Å². The third-order valence-corrected chi connectivity index (χ3v) is 3.21. The summed E-state index contributed by atoms with van der Waals surface area (Å²) in [5, 5.41) is 17.4. The van der Waals surface area contributed by atoms with E-state index in [4.69, 9.17) is 10.5 Å². The second kappa shape index (κ2) is 5.37. The van der Waals surface area contributed by atoms with Crippen LogP contribution in [0, 0.1) is 29.6 Å². The van der Waals surface area contributed by atoms with Crippen molar-refractivity contribution in [3.8, 4) is 12.1 Å². The first-order valence-electron chi connectivity index (χ1n) is 6.06. The van der Waals surface area contributed by atoms with E-state index in [1.165, 1.54) is 0 Å². The summed E-state index contributed by atoms with van der Waals surface area (Å²) >= 11 is 0. The number of nitriles is 2. The van der Waals surface area contributed by atoms with Crippen LogP contribution in [-0.2, 0) is 6.42 Å². The fourth-order valence-corrected chi connectivity index (χ4v) is 2.39. The van der Waals surface area contributed by atoms with Gasteiger partial charge in [-0.15, -0.1) is 0 Å². The summed E-state index contributed by atoms with van der Waals surface area (Å²) in [6, 6.07) is 9.65. The van der Waals surface area contributed by atoms with Crippen LogP contribution in [0.3, 0.4) is 0 Å². The third kappa shape index (κ3) is 2.21. The summed E-state index contributed by atoms with van der Waals surface area (Å²) in [6.45, 7) is 1.88. The van der Waals surface area contributed by atoms with Gasteiger partial charge in [0.2, 0.25) is 0 Å². The van der Waals surface area contributed by atoms with Crippen molar-refractivity contribution in [2.75, 3.05) is 0 Å².